The molecule has 0 aromatic rings. The minimum absolute atomic E-state index is 0.244. The summed E-state index contributed by atoms with van der Waals surface area (Å²) in [5.74, 6) is 3.57. The summed E-state index contributed by atoms with van der Waals surface area (Å²) in [5.41, 5.74) is 0.244. The van der Waals surface area contributed by atoms with E-state index in [1.165, 1.54) is 38.5 Å². The monoisotopic (exact) mass is 219 g/mol. The van der Waals surface area contributed by atoms with Crippen molar-refractivity contribution in [3.8, 4) is 0 Å². The number of hydrogen-bond donors (Lipinski definition) is 1. The Morgan fingerprint density at radius 2 is 1.44 bits per heavy atom. The molecule has 2 nitrogen and oxygen atoms in total. The van der Waals surface area contributed by atoms with E-state index in [1.54, 1.807) is 0 Å². The number of carbonyl (C=O) groups excluding carboxylic acids is 1. The maximum atomic E-state index is 12.0. The highest BCUT2D eigenvalue weighted by molar-refractivity contribution is 5.81. The fraction of sp³-hybridized carbons (Fsp3) is 0.929. The van der Waals surface area contributed by atoms with Gasteiger partial charge in [0.25, 0.3) is 0 Å². The average Bonchev–Trinajstić information content (AvgIpc) is 2.96. The topological polar surface area (TPSA) is 29.1 Å². The van der Waals surface area contributed by atoms with Crippen LogP contribution in [0.15, 0.2) is 0 Å². The molecule has 0 atom stereocenters. The quantitative estimate of drug-likeness (QED) is 0.759. The summed E-state index contributed by atoms with van der Waals surface area (Å²) in [7, 11) is 0. The molecule has 5 aliphatic rings. The number of nitrogens with one attached hydrogen (secondary N) is 1. The van der Waals surface area contributed by atoms with E-state index in [-0.39, 0.29) is 5.54 Å². The van der Waals surface area contributed by atoms with Crippen molar-refractivity contribution in [1.29, 1.82) is 0 Å². The zero-order chi connectivity index (χ0) is 10.8. The van der Waals surface area contributed by atoms with Gasteiger partial charge in [0.05, 0.1) is 0 Å². The molecule has 5 fully saturated rings. The van der Waals surface area contributed by atoms with E-state index in [2.05, 4.69) is 5.32 Å². The van der Waals surface area contributed by atoms with Crippen molar-refractivity contribution in [3.05, 3.63) is 0 Å². The molecule has 5 saturated carbocycles. The molecule has 5 aliphatic carbocycles. The van der Waals surface area contributed by atoms with E-state index < -0.39 is 0 Å². The van der Waals surface area contributed by atoms with Crippen molar-refractivity contribution in [2.24, 2.45) is 23.7 Å². The van der Waals surface area contributed by atoms with Crippen LogP contribution in [0.5, 0.6) is 0 Å². The lowest BCUT2D eigenvalue weighted by Gasteiger charge is -2.57. The van der Waals surface area contributed by atoms with Crippen LogP contribution in [-0.4, -0.2) is 11.4 Å². The Hall–Kier alpha value is -0.530. The summed E-state index contributed by atoms with van der Waals surface area (Å²) in [6, 6.07) is 0. The Balaban J connectivity index is 1.54. The molecule has 5 rings (SSSR count). The first kappa shape index (κ1) is 9.49. The number of amides is 1. The first-order valence-electron chi connectivity index (χ1n) is 7.04. The van der Waals surface area contributed by atoms with Gasteiger partial charge in [-0.05, 0) is 69.1 Å². The van der Waals surface area contributed by atoms with Gasteiger partial charge < -0.3 is 5.32 Å². The van der Waals surface area contributed by atoms with Gasteiger partial charge in [0, 0.05) is 11.5 Å². The second-order valence-electron chi connectivity index (χ2n) is 6.96. The van der Waals surface area contributed by atoms with Gasteiger partial charge >= 0.3 is 0 Å². The first-order chi connectivity index (χ1) is 7.72. The molecular weight excluding hydrogens is 198 g/mol. The fourth-order valence-electron chi connectivity index (χ4n) is 4.97. The smallest absolute Gasteiger partial charge is 0.223 e. The fourth-order valence-corrected chi connectivity index (χ4v) is 4.97. The number of carbonyl (C=O) groups is 1. The van der Waals surface area contributed by atoms with Gasteiger partial charge in [-0.1, -0.05) is 0 Å². The summed E-state index contributed by atoms with van der Waals surface area (Å²) in [6.45, 7) is 0. The van der Waals surface area contributed by atoms with Gasteiger partial charge in [-0.15, -0.1) is 0 Å². The highest BCUT2D eigenvalue weighted by Crippen LogP contribution is 2.55. The van der Waals surface area contributed by atoms with Crippen LogP contribution in [0.3, 0.4) is 0 Å². The van der Waals surface area contributed by atoms with E-state index in [9.17, 15) is 4.79 Å². The predicted molar refractivity (Wildman–Crippen MR) is 61.8 cm³/mol. The van der Waals surface area contributed by atoms with Gasteiger partial charge in [-0.25, -0.2) is 0 Å². The Bertz CT molecular complexity index is 296. The molecule has 0 unspecified atom stereocenters. The highest BCUT2D eigenvalue weighted by atomic mass is 16.2. The minimum atomic E-state index is 0.244. The molecule has 4 bridgehead atoms. The lowest BCUT2D eigenvalue weighted by atomic mass is 9.53. The Morgan fingerprint density at radius 1 is 0.938 bits per heavy atom. The van der Waals surface area contributed by atoms with Crippen LogP contribution < -0.4 is 5.32 Å². The van der Waals surface area contributed by atoms with Crippen molar-refractivity contribution in [2.75, 3.05) is 0 Å². The third-order valence-electron chi connectivity index (χ3n) is 5.37. The van der Waals surface area contributed by atoms with Crippen LogP contribution in [0.4, 0.5) is 0 Å². The number of rotatable bonds is 2. The van der Waals surface area contributed by atoms with E-state index in [1.807, 2.05) is 0 Å². The Labute approximate surface area is 97.2 Å². The van der Waals surface area contributed by atoms with E-state index in [0.29, 0.717) is 11.8 Å². The predicted octanol–water partition coefficient (Wildman–Crippen LogP) is 2.48. The summed E-state index contributed by atoms with van der Waals surface area (Å²) < 4.78 is 0. The third kappa shape index (κ3) is 1.42. The molecule has 16 heavy (non-hydrogen) atoms. The second-order valence-corrected chi connectivity index (χ2v) is 6.96. The Morgan fingerprint density at radius 3 is 1.88 bits per heavy atom. The molecule has 0 spiro atoms. The summed E-state index contributed by atoms with van der Waals surface area (Å²) >= 11 is 0. The van der Waals surface area contributed by atoms with Crippen molar-refractivity contribution in [3.63, 3.8) is 0 Å². The van der Waals surface area contributed by atoms with Crippen LogP contribution in [0.2, 0.25) is 0 Å². The molecule has 0 aromatic carbocycles. The summed E-state index contributed by atoms with van der Waals surface area (Å²) in [6.07, 6.45) is 10.5. The molecule has 0 aromatic heterocycles. The van der Waals surface area contributed by atoms with E-state index in [4.69, 9.17) is 0 Å². The lowest BCUT2D eigenvalue weighted by molar-refractivity contribution is -0.128. The summed E-state index contributed by atoms with van der Waals surface area (Å²) in [4.78, 5) is 12.0. The molecule has 0 aliphatic heterocycles. The average molecular weight is 219 g/mol. The zero-order valence-corrected chi connectivity index (χ0v) is 9.87. The van der Waals surface area contributed by atoms with E-state index in [0.717, 1.165) is 30.6 Å². The van der Waals surface area contributed by atoms with Crippen LogP contribution in [0.1, 0.15) is 51.4 Å². The van der Waals surface area contributed by atoms with Crippen LogP contribution in [0, 0.1) is 23.7 Å². The standard InChI is InChI=1S/C14H21NO/c16-13(12-1-2-12)15-14-6-9-3-10(7-14)5-11(4-9)8-14/h9-12H,1-8H2,(H,15,16). The molecule has 0 heterocycles. The normalized spacial score (nSPS) is 49.4. The van der Waals surface area contributed by atoms with Crippen molar-refractivity contribution in [1.82, 2.24) is 5.32 Å². The molecule has 88 valence electrons. The van der Waals surface area contributed by atoms with Crippen LogP contribution >= 0.6 is 0 Å². The molecule has 0 radical (unpaired) electrons. The van der Waals surface area contributed by atoms with Crippen molar-refractivity contribution in [2.45, 2.75) is 56.9 Å². The highest BCUT2D eigenvalue weighted by Gasteiger charge is 2.52. The SMILES string of the molecule is O=C(NC12CC3CC(CC(C3)C1)C2)C1CC1. The summed E-state index contributed by atoms with van der Waals surface area (Å²) in [5, 5.41) is 3.45. The lowest BCUT2D eigenvalue weighted by Crippen LogP contribution is -2.60. The zero-order valence-electron chi connectivity index (χ0n) is 9.87. The number of hydrogen-bond acceptors (Lipinski definition) is 1. The molecule has 0 saturated heterocycles. The van der Waals surface area contributed by atoms with Crippen LogP contribution in [0.25, 0.3) is 0 Å². The van der Waals surface area contributed by atoms with Crippen LogP contribution in [-0.2, 0) is 4.79 Å². The van der Waals surface area contributed by atoms with Gasteiger partial charge in [-0.3, -0.25) is 4.79 Å². The molecule has 1 N–H and O–H groups in total. The van der Waals surface area contributed by atoms with Gasteiger partial charge in [-0.2, -0.15) is 0 Å². The van der Waals surface area contributed by atoms with Gasteiger partial charge in [0.2, 0.25) is 5.91 Å². The third-order valence-corrected chi connectivity index (χ3v) is 5.37. The maximum absolute atomic E-state index is 12.0. The largest absolute Gasteiger partial charge is 0.350 e. The van der Waals surface area contributed by atoms with E-state index >= 15 is 0 Å². The van der Waals surface area contributed by atoms with Gasteiger partial charge in [0.1, 0.15) is 0 Å². The molecule has 1 amide bonds. The second kappa shape index (κ2) is 3.02. The molecule has 2 heteroatoms. The van der Waals surface area contributed by atoms with Crippen molar-refractivity contribution >= 4 is 5.91 Å². The minimum Gasteiger partial charge on any atom is -0.350 e. The maximum Gasteiger partial charge on any atom is 0.223 e. The Kier molecular flexibility index (Phi) is 1.79. The van der Waals surface area contributed by atoms with Gasteiger partial charge in [0.15, 0.2) is 0 Å². The van der Waals surface area contributed by atoms with Crippen molar-refractivity contribution < 1.29 is 4.79 Å². The molecular formula is C14H21NO. The first-order valence-corrected chi connectivity index (χ1v) is 7.04.